The van der Waals surface area contributed by atoms with Crippen molar-refractivity contribution >= 4 is 37.4 Å². The Kier molecular flexibility index (Phi) is 5.15. The topological polar surface area (TPSA) is 83.5 Å². The van der Waals surface area contributed by atoms with Crippen molar-refractivity contribution in [2.75, 3.05) is 23.9 Å². The molecule has 1 aromatic carbocycles. The summed E-state index contributed by atoms with van der Waals surface area (Å²) >= 11 is 3.32. The van der Waals surface area contributed by atoms with E-state index in [0.717, 1.165) is 16.4 Å². The maximum atomic E-state index is 11.1. The van der Waals surface area contributed by atoms with Crippen LogP contribution in [-0.4, -0.2) is 38.0 Å². The molecule has 0 spiro atoms. The third-order valence-corrected chi connectivity index (χ3v) is 3.97. The number of sulfone groups is 1. The van der Waals surface area contributed by atoms with Crippen LogP contribution in [0, 0.1) is 5.92 Å². The average Bonchev–Trinajstić information content (AvgIpc) is 2.24. The first-order valence-corrected chi connectivity index (χ1v) is 8.04. The van der Waals surface area contributed by atoms with E-state index in [-0.39, 0.29) is 12.3 Å². The molecule has 18 heavy (non-hydrogen) atoms. The first-order valence-electron chi connectivity index (χ1n) is 5.18. The first kappa shape index (κ1) is 15.0. The predicted octanol–water partition coefficient (Wildman–Crippen LogP) is 1.61. The maximum absolute atomic E-state index is 11.1. The number of benzene rings is 1. The van der Waals surface area contributed by atoms with Gasteiger partial charge >= 0.3 is 5.97 Å². The van der Waals surface area contributed by atoms with Gasteiger partial charge in [-0.2, -0.15) is 0 Å². The minimum absolute atomic E-state index is 0.0605. The smallest absolute Gasteiger partial charge is 0.309 e. The number of halogens is 1. The fourth-order valence-corrected chi connectivity index (χ4v) is 2.84. The molecule has 0 aliphatic heterocycles. The van der Waals surface area contributed by atoms with E-state index in [4.69, 9.17) is 5.11 Å². The molecule has 0 saturated carbocycles. The first-order chi connectivity index (χ1) is 8.29. The largest absolute Gasteiger partial charge is 0.481 e. The zero-order valence-corrected chi connectivity index (χ0v) is 12.2. The summed E-state index contributed by atoms with van der Waals surface area (Å²) in [5, 5.41) is 11.9. The summed E-state index contributed by atoms with van der Waals surface area (Å²) in [6.45, 7) is 0.0605. The predicted molar refractivity (Wildman–Crippen MR) is 73.5 cm³/mol. The Bertz CT molecular complexity index is 530. The van der Waals surface area contributed by atoms with E-state index in [2.05, 4.69) is 21.2 Å². The summed E-state index contributed by atoms with van der Waals surface area (Å²) in [6.07, 6.45) is 1.03. The van der Waals surface area contributed by atoms with Gasteiger partial charge in [0.25, 0.3) is 0 Å². The van der Waals surface area contributed by atoms with E-state index in [1.165, 1.54) is 0 Å². The van der Waals surface area contributed by atoms with E-state index in [1.54, 1.807) is 12.1 Å². The van der Waals surface area contributed by atoms with Crippen molar-refractivity contribution in [3.63, 3.8) is 0 Å². The standard InChI is InChI=1S/C11H14BrNO4S/c1-18(16,17)7-8(11(14)15)6-13-10-5-3-2-4-9(10)12/h2-5,8,13H,6-7H2,1H3,(H,14,15). The van der Waals surface area contributed by atoms with E-state index >= 15 is 0 Å². The number of hydrogen-bond donors (Lipinski definition) is 2. The summed E-state index contributed by atoms with van der Waals surface area (Å²) in [4.78, 5) is 11.0. The SMILES string of the molecule is CS(=O)(=O)CC(CNc1ccccc1Br)C(=O)O. The molecule has 0 saturated heterocycles. The van der Waals surface area contributed by atoms with Crippen LogP contribution in [0.1, 0.15) is 0 Å². The minimum Gasteiger partial charge on any atom is -0.481 e. The molecule has 100 valence electrons. The number of nitrogens with one attached hydrogen (secondary N) is 1. The van der Waals surface area contributed by atoms with Gasteiger partial charge in [-0.25, -0.2) is 8.42 Å². The van der Waals surface area contributed by atoms with Crippen LogP contribution in [0.3, 0.4) is 0 Å². The van der Waals surface area contributed by atoms with Crippen molar-refractivity contribution < 1.29 is 18.3 Å². The van der Waals surface area contributed by atoms with Gasteiger partial charge < -0.3 is 10.4 Å². The highest BCUT2D eigenvalue weighted by Crippen LogP contribution is 2.21. The fraction of sp³-hybridized carbons (Fsp3) is 0.364. The van der Waals surface area contributed by atoms with Crippen molar-refractivity contribution in [3.05, 3.63) is 28.7 Å². The second-order valence-corrected chi connectivity index (χ2v) is 7.03. The van der Waals surface area contributed by atoms with Crippen LogP contribution in [0.25, 0.3) is 0 Å². The lowest BCUT2D eigenvalue weighted by molar-refractivity contribution is -0.140. The number of carbonyl (C=O) groups is 1. The molecule has 0 bridgehead atoms. The minimum atomic E-state index is -3.32. The zero-order valence-electron chi connectivity index (χ0n) is 9.76. The Morgan fingerprint density at radius 3 is 2.56 bits per heavy atom. The van der Waals surface area contributed by atoms with E-state index < -0.39 is 21.7 Å². The molecule has 2 N–H and O–H groups in total. The van der Waals surface area contributed by atoms with Crippen LogP contribution in [0.15, 0.2) is 28.7 Å². The number of aliphatic carboxylic acids is 1. The van der Waals surface area contributed by atoms with Gasteiger partial charge in [-0.15, -0.1) is 0 Å². The maximum Gasteiger partial charge on any atom is 0.309 e. The van der Waals surface area contributed by atoms with Crippen molar-refractivity contribution in [2.45, 2.75) is 0 Å². The van der Waals surface area contributed by atoms with Gasteiger partial charge in [0.2, 0.25) is 0 Å². The highest BCUT2D eigenvalue weighted by molar-refractivity contribution is 9.10. The lowest BCUT2D eigenvalue weighted by Gasteiger charge is -2.14. The number of hydrogen-bond acceptors (Lipinski definition) is 4. The van der Waals surface area contributed by atoms with E-state index in [0.29, 0.717) is 0 Å². The third kappa shape index (κ3) is 5.05. The molecule has 1 atom stereocenters. The van der Waals surface area contributed by atoms with Crippen molar-refractivity contribution in [1.82, 2.24) is 0 Å². The molecule has 0 aliphatic carbocycles. The molecule has 1 unspecified atom stereocenters. The zero-order chi connectivity index (χ0) is 13.8. The lowest BCUT2D eigenvalue weighted by Crippen LogP contribution is -2.29. The summed E-state index contributed by atoms with van der Waals surface area (Å²) in [5.41, 5.74) is 0.734. The van der Waals surface area contributed by atoms with Gasteiger partial charge in [-0.3, -0.25) is 4.79 Å². The molecule has 0 fully saturated rings. The Labute approximate surface area is 114 Å². The Hall–Kier alpha value is -1.08. The number of carboxylic acid groups (broad SMARTS) is 1. The summed E-state index contributed by atoms with van der Waals surface area (Å²) in [7, 11) is -3.32. The van der Waals surface area contributed by atoms with Crippen LogP contribution in [-0.2, 0) is 14.6 Å². The number of para-hydroxylation sites is 1. The Morgan fingerprint density at radius 1 is 1.44 bits per heavy atom. The fourth-order valence-electron chi connectivity index (χ4n) is 1.42. The summed E-state index contributed by atoms with van der Waals surface area (Å²) < 4.78 is 23.0. The van der Waals surface area contributed by atoms with Gasteiger partial charge in [-0.05, 0) is 28.1 Å². The molecule has 5 nitrogen and oxygen atoms in total. The molecule has 0 heterocycles. The van der Waals surface area contributed by atoms with Gasteiger partial charge in [0.1, 0.15) is 9.84 Å². The molecule has 0 aliphatic rings. The molecular formula is C11H14BrNO4S. The van der Waals surface area contributed by atoms with Crippen LogP contribution < -0.4 is 5.32 Å². The van der Waals surface area contributed by atoms with Crippen molar-refractivity contribution in [1.29, 1.82) is 0 Å². The average molecular weight is 336 g/mol. The van der Waals surface area contributed by atoms with Gasteiger partial charge in [0, 0.05) is 23.0 Å². The quantitative estimate of drug-likeness (QED) is 0.825. The second kappa shape index (κ2) is 6.19. The number of rotatable bonds is 6. The van der Waals surface area contributed by atoms with Gasteiger partial charge in [0.15, 0.2) is 0 Å². The second-order valence-electron chi connectivity index (χ2n) is 3.99. The van der Waals surface area contributed by atoms with E-state index in [9.17, 15) is 13.2 Å². The summed E-state index contributed by atoms with van der Waals surface area (Å²) in [6, 6.07) is 7.23. The Morgan fingerprint density at radius 2 is 2.06 bits per heavy atom. The molecule has 0 amide bonds. The number of carboxylic acids is 1. The molecule has 1 aromatic rings. The molecule has 7 heteroatoms. The van der Waals surface area contributed by atoms with Crippen LogP contribution in [0.4, 0.5) is 5.69 Å². The van der Waals surface area contributed by atoms with Crippen molar-refractivity contribution in [2.24, 2.45) is 5.92 Å². The summed E-state index contributed by atoms with van der Waals surface area (Å²) in [5.74, 6) is -2.47. The number of anilines is 1. The van der Waals surface area contributed by atoms with Crippen LogP contribution >= 0.6 is 15.9 Å². The molecule has 0 radical (unpaired) electrons. The van der Waals surface area contributed by atoms with Gasteiger partial charge in [0.05, 0.1) is 11.7 Å². The third-order valence-electron chi connectivity index (χ3n) is 2.27. The van der Waals surface area contributed by atoms with Crippen LogP contribution in [0.5, 0.6) is 0 Å². The molecule has 0 aromatic heterocycles. The van der Waals surface area contributed by atoms with Crippen LogP contribution in [0.2, 0.25) is 0 Å². The monoisotopic (exact) mass is 335 g/mol. The lowest BCUT2D eigenvalue weighted by atomic mass is 10.2. The van der Waals surface area contributed by atoms with Gasteiger partial charge in [-0.1, -0.05) is 12.1 Å². The highest BCUT2D eigenvalue weighted by atomic mass is 79.9. The highest BCUT2D eigenvalue weighted by Gasteiger charge is 2.22. The normalized spacial score (nSPS) is 13.0. The van der Waals surface area contributed by atoms with Crippen molar-refractivity contribution in [3.8, 4) is 0 Å². The van der Waals surface area contributed by atoms with E-state index in [1.807, 2.05) is 12.1 Å². The molecular weight excluding hydrogens is 322 g/mol. The Balaban J connectivity index is 2.69. The molecule has 1 rings (SSSR count).